The Labute approximate surface area is 103 Å². The van der Waals surface area contributed by atoms with Crippen LogP contribution < -0.4 is 0 Å². The van der Waals surface area contributed by atoms with E-state index in [0.29, 0.717) is 6.42 Å². The number of aryl methyl sites for hydroxylation is 2. The Bertz CT molecular complexity index is 388. The van der Waals surface area contributed by atoms with Crippen molar-refractivity contribution >= 4 is 5.97 Å². The van der Waals surface area contributed by atoms with E-state index in [4.69, 9.17) is 0 Å². The number of esters is 1. The van der Waals surface area contributed by atoms with Gasteiger partial charge in [-0.25, -0.2) is 0 Å². The van der Waals surface area contributed by atoms with Crippen molar-refractivity contribution in [1.82, 2.24) is 4.90 Å². The molecular weight excluding hydrogens is 214 g/mol. The van der Waals surface area contributed by atoms with Gasteiger partial charge in [-0.05, 0) is 32.0 Å². The lowest BCUT2D eigenvalue weighted by Gasteiger charge is -2.17. The third-order valence-corrected chi connectivity index (χ3v) is 2.87. The van der Waals surface area contributed by atoms with Gasteiger partial charge in [0.15, 0.2) is 0 Å². The standard InChI is InChI=1S/C14H21NO2/c1-11-5-6-12(2)13(9-11)10-15(3)8-7-14(16)17-4/h5-6,9H,7-8,10H2,1-4H3. The van der Waals surface area contributed by atoms with E-state index in [9.17, 15) is 4.79 Å². The van der Waals surface area contributed by atoms with Crippen LogP contribution in [0.5, 0.6) is 0 Å². The number of ether oxygens (including phenoxy) is 1. The number of nitrogens with zero attached hydrogens (tertiary/aromatic N) is 1. The molecule has 3 heteroatoms. The topological polar surface area (TPSA) is 29.5 Å². The van der Waals surface area contributed by atoms with E-state index < -0.39 is 0 Å². The minimum atomic E-state index is -0.155. The minimum Gasteiger partial charge on any atom is -0.469 e. The molecule has 3 nitrogen and oxygen atoms in total. The Kier molecular flexibility index (Phi) is 5.16. The lowest BCUT2D eigenvalue weighted by atomic mass is 10.1. The molecule has 0 bridgehead atoms. The van der Waals surface area contributed by atoms with Crippen molar-refractivity contribution in [2.75, 3.05) is 20.7 Å². The number of carbonyl (C=O) groups is 1. The normalized spacial score (nSPS) is 10.6. The van der Waals surface area contributed by atoms with Crippen LogP contribution in [0.4, 0.5) is 0 Å². The van der Waals surface area contributed by atoms with Crippen molar-refractivity contribution in [2.24, 2.45) is 0 Å². The van der Waals surface area contributed by atoms with Crippen LogP contribution in [0.1, 0.15) is 23.1 Å². The lowest BCUT2D eigenvalue weighted by molar-refractivity contribution is -0.140. The van der Waals surface area contributed by atoms with Crippen LogP contribution in [0.3, 0.4) is 0 Å². The molecule has 1 aromatic carbocycles. The molecule has 0 N–H and O–H groups in total. The third-order valence-electron chi connectivity index (χ3n) is 2.87. The lowest BCUT2D eigenvalue weighted by Crippen LogP contribution is -2.22. The molecule has 1 rings (SSSR count). The first-order valence-electron chi connectivity index (χ1n) is 5.84. The van der Waals surface area contributed by atoms with Crippen LogP contribution in [0.15, 0.2) is 18.2 Å². The van der Waals surface area contributed by atoms with Gasteiger partial charge < -0.3 is 9.64 Å². The van der Waals surface area contributed by atoms with Gasteiger partial charge in [0.2, 0.25) is 0 Å². The molecule has 0 heterocycles. The second kappa shape index (κ2) is 6.40. The fourth-order valence-electron chi connectivity index (χ4n) is 1.72. The van der Waals surface area contributed by atoms with Crippen LogP contribution in [0.2, 0.25) is 0 Å². The molecule has 0 aliphatic heterocycles. The van der Waals surface area contributed by atoms with E-state index >= 15 is 0 Å². The SMILES string of the molecule is COC(=O)CCN(C)Cc1cc(C)ccc1C. The molecule has 0 aliphatic carbocycles. The number of hydrogen-bond donors (Lipinski definition) is 0. The first-order valence-corrected chi connectivity index (χ1v) is 5.84. The molecular formula is C14H21NO2. The Balaban J connectivity index is 2.52. The van der Waals surface area contributed by atoms with Crippen molar-refractivity contribution < 1.29 is 9.53 Å². The van der Waals surface area contributed by atoms with Gasteiger partial charge in [-0.15, -0.1) is 0 Å². The van der Waals surface area contributed by atoms with Gasteiger partial charge >= 0.3 is 5.97 Å². The number of hydrogen-bond acceptors (Lipinski definition) is 3. The molecule has 0 unspecified atom stereocenters. The highest BCUT2D eigenvalue weighted by Gasteiger charge is 2.06. The maximum Gasteiger partial charge on any atom is 0.306 e. The van der Waals surface area contributed by atoms with E-state index in [0.717, 1.165) is 13.1 Å². The highest BCUT2D eigenvalue weighted by Crippen LogP contribution is 2.12. The second-order valence-electron chi connectivity index (χ2n) is 4.49. The molecule has 0 radical (unpaired) electrons. The minimum absolute atomic E-state index is 0.155. The van der Waals surface area contributed by atoms with Crippen LogP contribution in [0.25, 0.3) is 0 Å². The van der Waals surface area contributed by atoms with E-state index in [1.807, 2.05) is 7.05 Å². The molecule has 17 heavy (non-hydrogen) atoms. The molecule has 0 amide bonds. The summed E-state index contributed by atoms with van der Waals surface area (Å²) < 4.78 is 4.63. The molecule has 0 atom stereocenters. The van der Waals surface area contributed by atoms with E-state index in [-0.39, 0.29) is 5.97 Å². The van der Waals surface area contributed by atoms with Crippen molar-refractivity contribution in [2.45, 2.75) is 26.8 Å². The Morgan fingerprint density at radius 3 is 2.71 bits per heavy atom. The maximum absolute atomic E-state index is 11.0. The molecule has 94 valence electrons. The maximum atomic E-state index is 11.0. The van der Waals surface area contributed by atoms with Crippen LogP contribution in [0, 0.1) is 13.8 Å². The fourth-order valence-corrected chi connectivity index (χ4v) is 1.72. The van der Waals surface area contributed by atoms with Gasteiger partial charge in [-0.2, -0.15) is 0 Å². The molecule has 0 saturated heterocycles. The number of benzene rings is 1. The first kappa shape index (κ1) is 13.7. The highest BCUT2D eigenvalue weighted by molar-refractivity contribution is 5.69. The third kappa shape index (κ3) is 4.57. The smallest absolute Gasteiger partial charge is 0.306 e. The van der Waals surface area contributed by atoms with Crippen molar-refractivity contribution in [3.63, 3.8) is 0 Å². The molecule has 1 aromatic rings. The molecule has 0 fully saturated rings. The molecule has 0 saturated carbocycles. The zero-order valence-corrected chi connectivity index (χ0v) is 11.1. The van der Waals surface area contributed by atoms with Gasteiger partial charge in [-0.3, -0.25) is 4.79 Å². The number of carbonyl (C=O) groups excluding carboxylic acids is 1. The van der Waals surface area contributed by atoms with Gasteiger partial charge in [0, 0.05) is 13.1 Å². The van der Waals surface area contributed by atoms with Crippen LogP contribution in [-0.4, -0.2) is 31.6 Å². The Morgan fingerprint density at radius 2 is 2.06 bits per heavy atom. The van der Waals surface area contributed by atoms with E-state index in [1.54, 1.807) is 0 Å². The second-order valence-corrected chi connectivity index (χ2v) is 4.49. The van der Waals surface area contributed by atoms with Gasteiger partial charge in [-0.1, -0.05) is 23.8 Å². The average Bonchev–Trinajstić information content (AvgIpc) is 2.30. The van der Waals surface area contributed by atoms with E-state index in [2.05, 4.69) is 41.7 Å². The summed E-state index contributed by atoms with van der Waals surface area (Å²) in [6.07, 6.45) is 0.442. The zero-order chi connectivity index (χ0) is 12.8. The summed E-state index contributed by atoms with van der Waals surface area (Å²) in [6.45, 7) is 5.80. The summed E-state index contributed by atoms with van der Waals surface area (Å²) in [5.41, 5.74) is 3.88. The van der Waals surface area contributed by atoms with Crippen molar-refractivity contribution in [3.05, 3.63) is 34.9 Å². The monoisotopic (exact) mass is 235 g/mol. The Hall–Kier alpha value is -1.35. The van der Waals surface area contributed by atoms with Crippen molar-refractivity contribution in [1.29, 1.82) is 0 Å². The average molecular weight is 235 g/mol. The summed E-state index contributed by atoms with van der Waals surface area (Å²) >= 11 is 0. The summed E-state index contributed by atoms with van der Waals surface area (Å²) in [4.78, 5) is 13.2. The Morgan fingerprint density at radius 1 is 1.35 bits per heavy atom. The van der Waals surface area contributed by atoms with Gasteiger partial charge in [0.05, 0.1) is 13.5 Å². The van der Waals surface area contributed by atoms with Gasteiger partial charge in [0.1, 0.15) is 0 Å². The summed E-state index contributed by atoms with van der Waals surface area (Å²) in [7, 11) is 3.44. The van der Waals surface area contributed by atoms with Crippen LogP contribution >= 0.6 is 0 Å². The zero-order valence-electron chi connectivity index (χ0n) is 11.1. The van der Waals surface area contributed by atoms with E-state index in [1.165, 1.54) is 23.8 Å². The predicted octanol–water partition coefficient (Wildman–Crippen LogP) is 2.30. The summed E-state index contributed by atoms with van der Waals surface area (Å²) in [6, 6.07) is 6.45. The molecule has 0 spiro atoms. The quantitative estimate of drug-likeness (QED) is 0.733. The first-order chi connectivity index (χ1) is 8.02. The molecule has 0 aliphatic rings. The predicted molar refractivity (Wildman–Crippen MR) is 68.9 cm³/mol. The number of methoxy groups -OCH3 is 1. The van der Waals surface area contributed by atoms with Gasteiger partial charge in [0.25, 0.3) is 0 Å². The van der Waals surface area contributed by atoms with Crippen molar-refractivity contribution in [3.8, 4) is 0 Å². The number of rotatable bonds is 5. The largest absolute Gasteiger partial charge is 0.469 e. The summed E-state index contributed by atoms with van der Waals surface area (Å²) in [5, 5.41) is 0. The fraction of sp³-hybridized carbons (Fsp3) is 0.500. The highest BCUT2D eigenvalue weighted by atomic mass is 16.5. The molecule has 0 aromatic heterocycles. The summed E-state index contributed by atoms with van der Waals surface area (Å²) in [5.74, 6) is -0.155. The van der Waals surface area contributed by atoms with Crippen LogP contribution in [-0.2, 0) is 16.1 Å².